The van der Waals surface area contributed by atoms with Crippen LogP contribution in [0.15, 0.2) is 66.2 Å². The summed E-state index contributed by atoms with van der Waals surface area (Å²) < 4.78 is 54.6. The minimum Gasteiger partial charge on any atom is -0.508 e. The Balaban J connectivity index is 1.31. The number of phenols is 1. The number of nitrogens with zero attached hydrogens (tertiary/aromatic N) is 4. The van der Waals surface area contributed by atoms with E-state index in [0.717, 1.165) is 27.1 Å². The van der Waals surface area contributed by atoms with Crippen molar-refractivity contribution in [1.82, 2.24) is 9.99 Å². The highest BCUT2D eigenvalue weighted by Gasteiger charge is 2.68. The van der Waals surface area contributed by atoms with E-state index in [-0.39, 0.29) is 34.3 Å². The van der Waals surface area contributed by atoms with Gasteiger partial charge in [-0.15, -0.1) is 0 Å². The van der Waals surface area contributed by atoms with E-state index in [1.54, 1.807) is 25.1 Å². The van der Waals surface area contributed by atoms with Gasteiger partial charge in [0.2, 0.25) is 11.8 Å². The summed E-state index contributed by atoms with van der Waals surface area (Å²) in [5.74, 6) is -8.24. The molecule has 3 heterocycles. The molecule has 254 valence electrons. The van der Waals surface area contributed by atoms with Gasteiger partial charge in [0.15, 0.2) is 5.82 Å². The highest BCUT2D eigenvalue weighted by molar-refractivity contribution is 6.33. The zero-order chi connectivity index (χ0) is 35.3. The molecule has 1 N–H and O–H groups in total. The SMILES string of the molecule is CN(c1nc(C(F)(F)F)ccc1Cl)N1C(=O)C2CC=C3C(CC4C(=O)N(c5ccc(F)c(Cl)c5)C(=O)C4(C)C3c3ccc(O)cc3)C2C1=O. The van der Waals surface area contributed by atoms with E-state index >= 15 is 0 Å². The zero-order valence-electron chi connectivity index (χ0n) is 25.7. The number of fused-ring (bicyclic) bond motifs is 4. The number of hydrogen-bond donors (Lipinski definition) is 1. The summed E-state index contributed by atoms with van der Waals surface area (Å²) in [6.45, 7) is 1.66. The highest BCUT2D eigenvalue weighted by Crippen LogP contribution is 2.63. The molecule has 2 aliphatic heterocycles. The molecule has 1 saturated carbocycles. The van der Waals surface area contributed by atoms with Crippen molar-refractivity contribution in [2.24, 2.45) is 29.1 Å². The lowest BCUT2D eigenvalue weighted by Gasteiger charge is -2.49. The van der Waals surface area contributed by atoms with Crippen molar-refractivity contribution < 1.29 is 41.8 Å². The van der Waals surface area contributed by atoms with E-state index in [4.69, 9.17) is 23.2 Å². The molecule has 3 fully saturated rings. The number of hydrogen-bond acceptors (Lipinski definition) is 7. The second kappa shape index (κ2) is 11.3. The zero-order valence-corrected chi connectivity index (χ0v) is 27.2. The molecule has 49 heavy (non-hydrogen) atoms. The molecule has 3 aromatic rings. The first-order valence-corrected chi connectivity index (χ1v) is 16.0. The largest absolute Gasteiger partial charge is 0.508 e. The van der Waals surface area contributed by atoms with Crippen molar-refractivity contribution >= 4 is 58.3 Å². The van der Waals surface area contributed by atoms with Gasteiger partial charge in [-0.3, -0.25) is 24.2 Å². The maximum absolute atomic E-state index is 14.4. The highest BCUT2D eigenvalue weighted by atomic mass is 35.5. The van der Waals surface area contributed by atoms with Gasteiger partial charge in [-0.1, -0.05) is 47.0 Å². The number of aromatic hydroxyl groups is 1. The fourth-order valence-corrected chi connectivity index (χ4v) is 8.52. The number of anilines is 2. The van der Waals surface area contributed by atoms with Crippen molar-refractivity contribution in [3.05, 3.63) is 93.4 Å². The molecule has 0 bridgehead atoms. The number of rotatable bonds is 4. The summed E-state index contributed by atoms with van der Waals surface area (Å²) in [7, 11) is 1.22. The second-order valence-corrected chi connectivity index (χ2v) is 13.7. The number of pyridine rings is 1. The van der Waals surface area contributed by atoms with Gasteiger partial charge < -0.3 is 5.11 Å². The summed E-state index contributed by atoms with van der Waals surface area (Å²) >= 11 is 12.2. The summed E-state index contributed by atoms with van der Waals surface area (Å²) in [5.41, 5.74) is -1.38. The van der Waals surface area contributed by atoms with Gasteiger partial charge in [-0.25, -0.2) is 14.3 Å². The van der Waals surface area contributed by atoms with Crippen LogP contribution in [0.4, 0.5) is 29.1 Å². The number of allylic oxidation sites excluding steroid dienone is 2. The Morgan fingerprint density at radius 1 is 0.939 bits per heavy atom. The number of carbonyl (C=O) groups is 4. The molecule has 0 spiro atoms. The number of amides is 4. The van der Waals surface area contributed by atoms with Crippen LogP contribution in [0.2, 0.25) is 10.0 Å². The summed E-state index contributed by atoms with van der Waals surface area (Å²) in [5, 5.41) is 11.2. The molecule has 4 amide bonds. The number of aromatic nitrogens is 1. The Morgan fingerprint density at radius 2 is 1.63 bits per heavy atom. The lowest BCUT2D eigenvalue weighted by Crippen LogP contribution is -2.49. The average molecular weight is 718 g/mol. The first kappa shape index (κ1) is 33.0. The van der Waals surface area contributed by atoms with E-state index in [2.05, 4.69) is 4.98 Å². The molecular weight excluding hydrogens is 691 g/mol. The third kappa shape index (κ3) is 4.84. The first-order valence-electron chi connectivity index (χ1n) is 15.2. The minimum absolute atomic E-state index is 0.00672. The molecule has 2 aromatic carbocycles. The number of alkyl halides is 3. The quantitative estimate of drug-likeness (QED) is 0.186. The number of hydrazine groups is 1. The van der Waals surface area contributed by atoms with Gasteiger partial charge in [-0.2, -0.15) is 18.2 Å². The number of carbonyl (C=O) groups excluding carboxylic acids is 4. The summed E-state index contributed by atoms with van der Waals surface area (Å²) in [4.78, 5) is 61.4. The van der Waals surface area contributed by atoms with Crippen LogP contribution in [-0.2, 0) is 25.4 Å². The van der Waals surface area contributed by atoms with Crippen molar-refractivity contribution in [2.45, 2.75) is 31.9 Å². The molecule has 2 saturated heterocycles. The van der Waals surface area contributed by atoms with Crippen LogP contribution in [0.3, 0.4) is 0 Å². The van der Waals surface area contributed by atoms with Crippen molar-refractivity contribution in [3.63, 3.8) is 0 Å². The van der Waals surface area contributed by atoms with E-state index in [1.807, 2.05) is 0 Å². The van der Waals surface area contributed by atoms with Gasteiger partial charge in [-0.05, 0) is 73.7 Å². The van der Waals surface area contributed by atoms with Crippen LogP contribution in [0.5, 0.6) is 5.75 Å². The smallest absolute Gasteiger partial charge is 0.433 e. The van der Waals surface area contributed by atoms with E-state index in [1.165, 1.54) is 31.3 Å². The van der Waals surface area contributed by atoms with E-state index in [9.17, 15) is 41.8 Å². The van der Waals surface area contributed by atoms with Gasteiger partial charge in [0.05, 0.1) is 38.9 Å². The normalized spacial score (nSPS) is 28.0. The molecular formula is C34H26Cl2F4N4O5. The number of halogens is 6. The Hall–Kier alpha value is -4.49. The molecule has 4 aliphatic rings. The number of phenolic OH excluding ortho intramolecular Hbond substituents is 1. The van der Waals surface area contributed by atoms with Crippen LogP contribution >= 0.6 is 23.2 Å². The van der Waals surface area contributed by atoms with Crippen LogP contribution < -0.4 is 9.91 Å². The number of imide groups is 2. The second-order valence-electron chi connectivity index (χ2n) is 12.9. The third-order valence-corrected chi connectivity index (χ3v) is 10.9. The van der Waals surface area contributed by atoms with E-state index < -0.39 is 82.1 Å². The average Bonchev–Trinajstić information content (AvgIpc) is 3.41. The van der Waals surface area contributed by atoms with Gasteiger partial charge in [0.1, 0.15) is 17.3 Å². The van der Waals surface area contributed by atoms with Gasteiger partial charge in [0, 0.05) is 13.0 Å². The lowest BCUT2D eigenvalue weighted by atomic mass is 9.51. The fourth-order valence-electron chi connectivity index (χ4n) is 8.12. The molecule has 9 nitrogen and oxygen atoms in total. The Labute approximate surface area is 286 Å². The van der Waals surface area contributed by atoms with Crippen molar-refractivity contribution in [2.75, 3.05) is 17.0 Å². The van der Waals surface area contributed by atoms with E-state index in [0.29, 0.717) is 17.2 Å². The van der Waals surface area contributed by atoms with Gasteiger partial charge >= 0.3 is 6.18 Å². The standard InChI is InChI=1S/C34H26Cl2F4N4O5/c1-33-21(30(47)43(32(33)49)16-5-11-24(37)23(36)13-16)14-20-18(27(33)15-3-6-17(45)7-4-15)8-9-19-26(20)31(48)44(29(19)46)42(2)28-22(35)10-12-25(41-28)34(38,39)40/h3-8,10-13,19-21,26-27,45H,9,14H2,1-2H3. The van der Waals surface area contributed by atoms with Crippen LogP contribution in [0.25, 0.3) is 0 Å². The molecule has 6 unspecified atom stereocenters. The van der Waals surface area contributed by atoms with Crippen LogP contribution in [0.1, 0.15) is 36.9 Å². The van der Waals surface area contributed by atoms with Gasteiger partial charge in [0.25, 0.3) is 11.8 Å². The predicted molar refractivity (Wildman–Crippen MR) is 169 cm³/mol. The third-order valence-electron chi connectivity index (χ3n) is 10.4. The Kier molecular flexibility index (Phi) is 7.60. The predicted octanol–water partition coefficient (Wildman–Crippen LogP) is 6.53. The monoisotopic (exact) mass is 716 g/mol. The van der Waals surface area contributed by atoms with Crippen molar-refractivity contribution in [3.8, 4) is 5.75 Å². The van der Waals surface area contributed by atoms with Crippen molar-refractivity contribution in [1.29, 1.82) is 0 Å². The molecule has 6 atom stereocenters. The summed E-state index contributed by atoms with van der Waals surface area (Å²) in [6.07, 6.45) is -2.95. The summed E-state index contributed by atoms with van der Waals surface area (Å²) in [6, 6.07) is 11.3. The minimum atomic E-state index is -4.82. The topological polar surface area (TPSA) is 111 Å². The Bertz CT molecular complexity index is 1990. The van der Waals surface area contributed by atoms with Crippen LogP contribution in [-0.4, -0.2) is 45.8 Å². The first-order chi connectivity index (χ1) is 23.0. The number of benzene rings is 2. The Morgan fingerprint density at radius 3 is 2.29 bits per heavy atom. The molecule has 2 aliphatic carbocycles. The molecule has 7 rings (SSSR count). The lowest BCUT2D eigenvalue weighted by molar-refractivity contribution is -0.141. The molecule has 1 aromatic heterocycles. The maximum atomic E-state index is 14.4. The maximum Gasteiger partial charge on any atom is 0.433 e. The fraction of sp³-hybridized carbons (Fsp3) is 0.324. The molecule has 0 radical (unpaired) electrons. The molecule has 15 heteroatoms. The van der Waals surface area contributed by atoms with Crippen LogP contribution in [0, 0.1) is 34.9 Å².